The Morgan fingerprint density at radius 3 is 2.93 bits per heavy atom. The fraction of sp³-hybridized carbons (Fsp3) is 0.889. The number of nitrogens with zero attached hydrogens (tertiary/aromatic N) is 1. The molecule has 1 aliphatic heterocycles. The Morgan fingerprint density at radius 2 is 2.36 bits per heavy atom. The number of halogens is 2. The Morgan fingerprint density at radius 1 is 1.64 bits per heavy atom. The number of likely N-dealkylation sites (tertiary alicyclic amines) is 1. The molecule has 1 aliphatic rings. The number of hydrogen-bond acceptors (Lipinski definition) is 2. The van der Waals surface area contributed by atoms with Crippen molar-refractivity contribution in [2.75, 3.05) is 26.7 Å². The standard InChI is InChI=1S/C9H16F2N2O/c1-12-5-8(14)13-4-2-3-7(6-13)9(10)11/h7,9,12H,2-6H2,1H3/t7-/m0/s1. The van der Waals surface area contributed by atoms with E-state index < -0.39 is 12.3 Å². The third-order valence-corrected chi connectivity index (χ3v) is 2.49. The maximum atomic E-state index is 12.4. The number of amides is 1. The van der Waals surface area contributed by atoms with Gasteiger partial charge in [0.2, 0.25) is 12.3 Å². The summed E-state index contributed by atoms with van der Waals surface area (Å²) >= 11 is 0. The van der Waals surface area contributed by atoms with Gasteiger partial charge in [0.05, 0.1) is 6.54 Å². The number of rotatable bonds is 3. The van der Waals surface area contributed by atoms with Crippen LogP contribution in [0.15, 0.2) is 0 Å². The second-order valence-corrected chi connectivity index (χ2v) is 3.61. The van der Waals surface area contributed by atoms with Crippen LogP contribution in [-0.2, 0) is 4.79 Å². The monoisotopic (exact) mass is 206 g/mol. The number of likely N-dealkylation sites (N-methyl/N-ethyl adjacent to an activating group) is 1. The van der Waals surface area contributed by atoms with Crippen LogP contribution < -0.4 is 5.32 Å². The Bertz CT molecular complexity index is 199. The van der Waals surface area contributed by atoms with Crippen LogP contribution in [0, 0.1) is 5.92 Å². The van der Waals surface area contributed by atoms with Crippen LogP contribution in [0.1, 0.15) is 12.8 Å². The number of nitrogens with one attached hydrogen (secondary N) is 1. The van der Waals surface area contributed by atoms with Crippen molar-refractivity contribution in [1.29, 1.82) is 0 Å². The van der Waals surface area contributed by atoms with Gasteiger partial charge in [-0.3, -0.25) is 4.79 Å². The molecule has 1 N–H and O–H groups in total. The number of alkyl halides is 2. The normalized spacial score (nSPS) is 22.9. The van der Waals surface area contributed by atoms with Gasteiger partial charge >= 0.3 is 0 Å². The van der Waals surface area contributed by atoms with E-state index in [0.29, 0.717) is 19.4 Å². The predicted octanol–water partition coefficient (Wildman–Crippen LogP) is 0.709. The molecule has 0 radical (unpaired) electrons. The van der Waals surface area contributed by atoms with E-state index in [-0.39, 0.29) is 19.0 Å². The van der Waals surface area contributed by atoms with E-state index in [1.54, 1.807) is 7.05 Å². The lowest BCUT2D eigenvalue weighted by Crippen LogP contribution is -2.45. The topological polar surface area (TPSA) is 32.3 Å². The zero-order chi connectivity index (χ0) is 10.6. The third-order valence-electron chi connectivity index (χ3n) is 2.49. The minimum Gasteiger partial charge on any atom is -0.341 e. The molecule has 5 heteroatoms. The summed E-state index contributed by atoms with van der Waals surface area (Å²) in [7, 11) is 1.67. The summed E-state index contributed by atoms with van der Waals surface area (Å²) in [5.74, 6) is -0.720. The van der Waals surface area contributed by atoms with Crippen LogP contribution in [0.2, 0.25) is 0 Å². The van der Waals surface area contributed by atoms with Gasteiger partial charge < -0.3 is 10.2 Å². The van der Waals surface area contributed by atoms with Crippen LogP contribution in [-0.4, -0.2) is 43.9 Å². The van der Waals surface area contributed by atoms with E-state index in [1.165, 1.54) is 4.90 Å². The quantitative estimate of drug-likeness (QED) is 0.737. The smallest absolute Gasteiger partial charge is 0.243 e. The minimum absolute atomic E-state index is 0.0853. The number of carbonyl (C=O) groups is 1. The van der Waals surface area contributed by atoms with E-state index in [4.69, 9.17) is 0 Å². The lowest BCUT2D eigenvalue weighted by atomic mass is 9.98. The van der Waals surface area contributed by atoms with Crippen LogP contribution in [0.3, 0.4) is 0 Å². The van der Waals surface area contributed by atoms with Gasteiger partial charge in [0.1, 0.15) is 0 Å². The molecule has 0 spiro atoms. The molecule has 1 rings (SSSR count). The Kier molecular flexibility index (Phi) is 4.25. The van der Waals surface area contributed by atoms with Crippen LogP contribution in [0.5, 0.6) is 0 Å². The van der Waals surface area contributed by atoms with Gasteiger partial charge in [-0.25, -0.2) is 8.78 Å². The lowest BCUT2D eigenvalue weighted by Gasteiger charge is -2.32. The van der Waals surface area contributed by atoms with Crippen molar-refractivity contribution in [2.45, 2.75) is 19.3 Å². The van der Waals surface area contributed by atoms with E-state index in [2.05, 4.69) is 5.32 Å². The molecule has 82 valence electrons. The van der Waals surface area contributed by atoms with Gasteiger partial charge in [0, 0.05) is 19.0 Å². The highest BCUT2D eigenvalue weighted by atomic mass is 19.3. The molecule has 0 aromatic heterocycles. The first-order valence-corrected chi connectivity index (χ1v) is 4.85. The van der Waals surface area contributed by atoms with Gasteiger partial charge in [-0.15, -0.1) is 0 Å². The number of hydrogen-bond donors (Lipinski definition) is 1. The first kappa shape index (κ1) is 11.4. The summed E-state index contributed by atoms with van der Waals surface area (Å²) in [6.07, 6.45) is -1.09. The van der Waals surface area contributed by atoms with E-state index in [0.717, 1.165) is 0 Å². The highest BCUT2D eigenvalue weighted by molar-refractivity contribution is 5.78. The Hall–Kier alpha value is -0.710. The molecule has 0 aromatic rings. The molecule has 0 aliphatic carbocycles. The summed E-state index contributed by atoms with van der Waals surface area (Å²) in [6.45, 7) is 1.05. The van der Waals surface area contributed by atoms with Gasteiger partial charge in [0.15, 0.2) is 0 Å². The fourth-order valence-electron chi connectivity index (χ4n) is 1.71. The maximum absolute atomic E-state index is 12.4. The first-order valence-electron chi connectivity index (χ1n) is 4.85. The zero-order valence-electron chi connectivity index (χ0n) is 8.30. The summed E-state index contributed by atoms with van der Waals surface area (Å²) in [6, 6.07) is 0. The molecule has 3 nitrogen and oxygen atoms in total. The second kappa shape index (κ2) is 5.24. The molecule has 1 amide bonds. The van der Waals surface area contributed by atoms with Gasteiger partial charge in [-0.05, 0) is 19.9 Å². The molecule has 14 heavy (non-hydrogen) atoms. The highest BCUT2D eigenvalue weighted by Gasteiger charge is 2.28. The van der Waals surface area contributed by atoms with E-state index >= 15 is 0 Å². The third kappa shape index (κ3) is 2.90. The molecule has 1 saturated heterocycles. The molecule has 0 bridgehead atoms. The van der Waals surface area contributed by atoms with Crippen molar-refractivity contribution in [1.82, 2.24) is 10.2 Å². The SMILES string of the molecule is CNCC(=O)N1CCC[C@H](C(F)F)C1. The average molecular weight is 206 g/mol. The lowest BCUT2D eigenvalue weighted by molar-refractivity contribution is -0.133. The molecule has 0 saturated carbocycles. The summed E-state index contributed by atoms with van der Waals surface area (Å²) in [4.78, 5) is 12.9. The molecular formula is C9H16F2N2O. The van der Waals surface area contributed by atoms with Crippen molar-refractivity contribution in [2.24, 2.45) is 5.92 Å². The average Bonchev–Trinajstić information content (AvgIpc) is 2.18. The summed E-state index contributed by atoms with van der Waals surface area (Å²) < 4.78 is 24.8. The second-order valence-electron chi connectivity index (χ2n) is 3.61. The van der Waals surface area contributed by atoms with Crippen LogP contribution in [0.25, 0.3) is 0 Å². The van der Waals surface area contributed by atoms with Crippen molar-refractivity contribution in [3.8, 4) is 0 Å². The zero-order valence-corrected chi connectivity index (χ0v) is 8.30. The van der Waals surface area contributed by atoms with Gasteiger partial charge in [-0.1, -0.05) is 0 Å². The van der Waals surface area contributed by atoms with Crippen molar-refractivity contribution in [3.05, 3.63) is 0 Å². The molecule has 0 unspecified atom stereocenters. The van der Waals surface area contributed by atoms with Crippen molar-refractivity contribution in [3.63, 3.8) is 0 Å². The largest absolute Gasteiger partial charge is 0.341 e. The van der Waals surface area contributed by atoms with Gasteiger partial charge in [0.25, 0.3) is 0 Å². The minimum atomic E-state index is -2.31. The van der Waals surface area contributed by atoms with Crippen molar-refractivity contribution < 1.29 is 13.6 Å². The van der Waals surface area contributed by atoms with Crippen LogP contribution >= 0.6 is 0 Å². The summed E-state index contributed by atoms with van der Waals surface area (Å²) in [5, 5.41) is 2.73. The molecular weight excluding hydrogens is 190 g/mol. The van der Waals surface area contributed by atoms with Gasteiger partial charge in [-0.2, -0.15) is 0 Å². The Balaban J connectivity index is 2.43. The summed E-state index contributed by atoms with van der Waals surface area (Å²) in [5.41, 5.74) is 0. The van der Waals surface area contributed by atoms with Crippen molar-refractivity contribution >= 4 is 5.91 Å². The number of piperidine rings is 1. The molecule has 1 fully saturated rings. The highest BCUT2D eigenvalue weighted by Crippen LogP contribution is 2.22. The van der Waals surface area contributed by atoms with E-state index in [1.807, 2.05) is 0 Å². The molecule has 1 atom stereocenters. The maximum Gasteiger partial charge on any atom is 0.243 e. The molecule has 1 heterocycles. The number of carbonyl (C=O) groups excluding carboxylic acids is 1. The van der Waals surface area contributed by atoms with Crippen LogP contribution in [0.4, 0.5) is 8.78 Å². The Labute approximate surface area is 82.5 Å². The first-order chi connectivity index (χ1) is 6.65. The van der Waals surface area contributed by atoms with E-state index in [9.17, 15) is 13.6 Å². The fourth-order valence-corrected chi connectivity index (χ4v) is 1.71. The molecule has 0 aromatic carbocycles. The predicted molar refractivity (Wildman–Crippen MR) is 49.2 cm³/mol.